The van der Waals surface area contributed by atoms with Crippen LogP contribution in [0.15, 0.2) is 60.7 Å². The van der Waals surface area contributed by atoms with Crippen molar-refractivity contribution in [1.82, 2.24) is 14.9 Å². The molecule has 1 heterocycles. The monoisotopic (exact) mass is 535 g/mol. The zero-order chi connectivity index (χ0) is 27.1. The first-order valence-electron chi connectivity index (χ1n) is 12.7. The number of hydrogen-bond donors (Lipinski definition) is 1. The van der Waals surface area contributed by atoms with E-state index in [4.69, 9.17) is 30.8 Å². The molecule has 0 aliphatic heterocycles. The molecule has 38 heavy (non-hydrogen) atoms. The summed E-state index contributed by atoms with van der Waals surface area (Å²) in [5.41, 5.74) is 3.94. The maximum Gasteiger partial charge on any atom is 0.220 e. The van der Waals surface area contributed by atoms with E-state index in [-0.39, 0.29) is 11.8 Å². The standard InChI is InChI=1S/C30H34ClN3O4/c1-20(17-21-14-15-26(37-3)30(38-4)29(21)31)13-16-28(35)32-18-27-33-23-10-6-7-11-24(23)34(27)19-22-9-5-8-12-25(22)36-2/h5-12,14-15,20H,13,16-19H2,1-4H3,(H,32,35). The van der Waals surface area contributed by atoms with Gasteiger partial charge < -0.3 is 24.1 Å². The van der Waals surface area contributed by atoms with Crippen LogP contribution in [0.4, 0.5) is 0 Å². The number of carbonyl (C=O) groups excluding carboxylic acids is 1. The van der Waals surface area contributed by atoms with Crippen LogP contribution < -0.4 is 19.5 Å². The largest absolute Gasteiger partial charge is 0.496 e. The molecular weight excluding hydrogens is 502 g/mol. The Hall–Kier alpha value is -3.71. The predicted molar refractivity (Wildman–Crippen MR) is 150 cm³/mol. The first-order chi connectivity index (χ1) is 18.4. The van der Waals surface area contributed by atoms with E-state index in [1.54, 1.807) is 21.3 Å². The van der Waals surface area contributed by atoms with Gasteiger partial charge in [-0.05, 0) is 48.6 Å². The van der Waals surface area contributed by atoms with E-state index in [9.17, 15) is 4.79 Å². The Balaban J connectivity index is 1.39. The highest BCUT2D eigenvalue weighted by molar-refractivity contribution is 6.33. The molecule has 4 rings (SSSR count). The average Bonchev–Trinajstić information content (AvgIpc) is 3.29. The Morgan fingerprint density at radius 1 is 0.947 bits per heavy atom. The number of rotatable bonds is 12. The number of aromatic nitrogens is 2. The summed E-state index contributed by atoms with van der Waals surface area (Å²) in [6.45, 7) is 3.06. The first-order valence-corrected chi connectivity index (χ1v) is 13.0. The molecule has 0 aliphatic carbocycles. The Kier molecular flexibility index (Phi) is 9.13. The molecule has 0 saturated carbocycles. The van der Waals surface area contributed by atoms with Crippen molar-refractivity contribution in [2.45, 2.75) is 39.3 Å². The van der Waals surface area contributed by atoms with Crippen LogP contribution in [0.5, 0.6) is 17.2 Å². The van der Waals surface area contributed by atoms with Crippen LogP contribution >= 0.6 is 11.6 Å². The van der Waals surface area contributed by atoms with Gasteiger partial charge in [-0.25, -0.2) is 4.98 Å². The molecule has 0 saturated heterocycles. The van der Waals surface area contributed by atoms with Gasteiger partial charge in [-0.2, -0.15) is 0 Å². The number of methoxy groups -OCH3 is 3. The predicted octanol–water partition coefficient (Wildman–Crippen LogP) is 6.04. The number of imidazole rings is 1. The second-order valence-electron chi connectivity index (χ2n) is 9.31. The van der Waals surface area contributed by atoms with Crippen LogP contribution in [0, 0.1) is 5.92 Å². The van der Waals surface area contributed by atoms with Crippen molar-refractivity contribution in [3.8, 4) is 17.2 Å². The van der Waals surface area contributed by atoms with Crippen molar-refractivity contribution in [3.05, 3.63) is 82.6 Å². The summed E-state index contributed by atoms with van der Waals surface area (Å²) < 4.78 is 18.4. The van der Waals surface area contributed by atoms with Crippen LogP contribution in [-0.4, -0.2) is 36.8 Å². The SMILES string of the molecule is COc1ccccc1Cn1c(CNC(=O)CCC(C)Cc2ccc(OC)c(OC)c2Cl)nc2ccccc21. The fourth-order valence-electron chi connectivity index (χ4n) is 4.65. The molecule has 1 atom stereocenters. The average molecular weight is 536 g/mol. The highest BCUT2D eigenvalue weighted by atomic mass is 35.5. The number of nitrogens with zero attached hydrogens (tertiary/aromatic N) is 2. The number of ether oxygens (including phenoxy) is 3. The van der Waals surface area contributed by atoms with Gasteiger partial charge in [-0.1, -0.05) is 54.9 Å². The lowest BCUT2D eigenvalue weighted by Gasteiger charge is -2.16. The number of hydrogen-bond acceptors (Lipinski definition) is 5. The van der Waals surface area contributed by atoms with Gasteiger partial charge in [0.2, 0.25) is 5.91 Å². The zero-order valence-electron chi connectivity index (χ0n) is 22.3. The van der Waals surface area contributed by atoms with Gasteiger partial charge in [0.25, 0.3) is 0 Å². The first kappa shape index (κ1) is 27.3. The highest BCUT2D eigenvalue weighted by Gasteiger charge is 2.17. The molecule has 1 unspecified atom stereocenters. The van der Waals surface area contributed by atoms with Crippen molar-refractivity contribution >= 4 is 28.5 Å². The molecule has 4 aromatic rings. The van der Waals surface area contributed by atoms with Crippen molar-refractivity contribution in [1.29, 1.82) is 0 Å². The van der Waals surface area contributed by atoms with Crippen molar-refractivity contribution < 1.29 is 19.0 Å². The Morgan fingerprint density at radius 2 is 1.68 bits per heavy atom. The van der Waals surface area contributed by atoms with E-state index in [2.05, 4.69) is 16.8 Å². The molecule has 0 bridgehead atoms. The molecule has 3 aromatic carbocycles. The Bertz CT molecular complexity index is 1400. The number of benzene rings is 3. The molecule has 0 spiro atoms. The number of fused-ring (bicyclic) bond motifs is 1. The van der Waals surface area contributed by atoms with Crippen LogP contribution in [0.2, 0.25) is 5.02 Å². The topological polar surface area (TPSA) is 74.6 Å². The molecule has 200 valence electrons. The molecule has 1 N–H and O–H groups in total. The van der Waals surface area contributed by atoms with E-state index in [0.29, 0.717) is 36.0 Å². The minimum atomic E-state index is -0.00819. The molecule has 7 nitrogen and oxygen atoms in total. The zero-order valence-corrected chi connectivity index (χ0v) is 23.0. The van der Waals surface area contributed by atoms with E-state index in [1.165, 1.54) is 0 Å². The van der Waals surface area contributed by atoms with Gasteiger partial charge in [-0.3, -0.25) is 4.79 Å². The summed E-state index contributed by atoms with van der Waals surface area (Å²) in [4.78, 5) is 17.6. The molecule has 1 aromatic heterocycles. The fraction of sp³-hybridized carbons (Fsp3) is 0.333. The maximum atomic E-state index is 12.8. The summed E-state index contributed by atoms with van der Waals surface area (Å²) in [6.07, 6.45) is 1.88. The van der Waals surface area contributed by atoms with Gasteiger partial charge in [0, 0.05) is 12.0 Å². The van der Waals surface area contributed by atoms with Crippen LogP contribution in [-0.2, 0) is 24.3 Å². The second kappa shape index (κ2) is 12.7. The maximum absolute atomic E-state index is 12.8. The number of para-hydroxylation sites is 3. The molecular formula is C30H34ClN3O4. The van der Waals surface area contributed by atoms with Crippen LogP contribution in [0.3, 0.4) is 0 Å². The Morgan fingerprint density at radius 3 is 2.45 bits per heavy atom. The fourth-order valence-corrected chi connectivity index (χ4v) is 4.96. The highest BCUT2D eigenvalue weighted by Crippen LogP contribution is 2.38. The van der Waals surface area contributed by atoms with E-state index >= 15 is 0 Å². The van der Waals surface area contributed by atoms with Crippen molar-refractivity contribution in [2.75, 3.05) is 21.3 Å². The molecule has 0 radical (unpaired) electrons. The molecule has 0 fully saturated rings. The summed E-state index contributed by atoms with van der Waals surface area (Å²) >= 11 is 6.54. The number of halogens is 1. The van der Waals surface area contributed by atoms with Crippen molar-refractivity contribution in [3.63, 3.8) is 0 Å². The van der Waals surface area contributed by atoms with Gasteiger partial charge in [-0.15, -0.1) is 0 Å². The third-order valence-corrected chi connectivity index (χ3v) is 7.11. The quantitative estimate of drug-likeness (QED) is 0.239. The lowest BCUT2D eigenvalue weighted by atomic mass is 9.96. The normalized spacial score (nSPS) is 11.8. The summed E-state index contributed by atoms with van der Waals surface area (Å²) in [5.74, 6) is 3.01. The molecule has 0 aliphatic rings. The van der Waals surface area contributed by atoms with E-state index < -0.39 is 0 Å². The van der Waals surface area contributed by atoms with Gasteiger partial charge in [0.05, 0.1) is 50.5 Å². The van der Waals surface area contributed by atoms with E-state index in [0.717, 1.165) is 46.6 Å². The van der Waals surface area contributed by atoms with Gasteiger partial charge in [0.15, 0.2) is 11.5 Å². The third kappa shape index (κ3) is 6.22. The minimum absolute atomic E-state index is 0.00819. The Labute approximate surface area is 228 Å². The van der Waals surface area contributed by atoms with Crippen molar-refractivity contribution in [2.24, 2.45) is 5.92 Å². The minimum Gasteiger partial charge on any atom is -0.496 e. The molecule has 1 amide bonds. The third-order valence-electron chi connectivity index (χ3n) is 6.70. The lowest BCUT2D eigenvalue weighted by Crippen LogP contribution is -2.25. The number of amides is 1. The summed E-state index contributed by atoms with van der Waals surface area (Å²) in [6, 6.07) is 19.8. The summed E-state index contributed by atoms with van der Waals surface area (Å²) in [7, 11) is 4.83. The second-order valence-corrected chi connectivity index (χ2v) is 9.69. The molecule has 8 heteroatoms. The number of carbonyl (C=O) groups is 1. The van der Waals surface area contributed by atoms with Crippen LogP contribution in [0.1, 0.15) is 36.7 Å². The lowest BCUT2D eigenvalue weighted by molar-refractivity contribution is -0.121. The van der Waals surface area contributed by atoms with Gasteiger partial charge >= 0.3 is 0 Å². The van der Waals surface area contributed by atoms with Gasteiger partial charge in [0.1, 0.15) is 11.6 Å². The van der Waals surface area contributed by atoms with E-state index in [1.807, 2.05) is 60.7 Å². The van der Waals surface area contributed by atoms with Crippen LogP contribution in [0.25, 0.3) is 11.0 Å². The number of nitrogens with one attached hydrogen (secondary N) is 1. The smallest absolute Gasteiger partial charge is 0.220 e. The summed E-state index contributed by atoms with van der Waals surface area (Å²) in [5, 5.41) is 3.62.